The van der Waals surface area contributed by atoms with Crippen molar-refractivity contribution in [2.24, 2.45) is 0 Å². The van der Waals surface area contributed by atoms with Gasteiger partial charge < -0.3 is 9.52 Å². The summed E-state index contributed by atoms with van der Waals surface area (Å²) in [6.07, 6.45) is 0. The van der Waals surface area contributed by atoms with E-state index in [1.54, 1.807) is 6.92 Å². The Bertz CT molecular complexity index is 200. The number of nitrogens with zero attached hydrogens (tertiary/aromatic N) is 1. The largest absolute Gasteiger partial charge is 0.443 e. The summed E-state index contributed by atoms with van der Waals surface area (Å²) in [6.45, 7) is 1.64. The lowest BCUT2D eigenvalue weighted by molar-refractivity contribution is 0.243. The SMILES string of the molecule is Cc1nc(CS)c(CO)o1. The van der Waals surface area contributed by atoms with Crippen molar-refractivity contribution < 1.29 is 9.52 Å². The minimum Gasteiger partial charge on any atom is -0.443 e. The Labute approximate surface area is 64.5 Å². The molecule has 10 heavy (non-hydrogen) atoms. The van der Waals surface area contributed by atoms with E-state index in [9.17, 15) is 0 Å². The molecule has 1 aromatic heterocycles. The summed E-state index contributed by atoms with van der Waals surface area (Å²) in [4.78, 5) is 4.00. The number of aliphatic hydroxyl groups is 1. The van der Waals surface area contributed by atoms with Crippen molar-refractivity contribution in [3.8, 4) is 0 Å². The molecule has 0 atom stereocenters. The van der Waals surface area contributed by atoms with Gasteiger partial charge in [-0.1, -0.05) is 0 Å². The maximum absolute atomic E-state index is 8.70. The molecule has 1 aromatic rings. The van der Waals surface area contributed by atoms with E-state index >= 15 is 0 Å². The fourth-order valence-electron chi connectivity index (χ4n) is 0.759. The van der Waals surface area contributed by atoms with E-state index in [2.05, 4.69) is 17.6 Å². The molecule has 0 aromatic carbocycles. The number of aromatic nitrogens is 1. The summed E-state index contributed by atoms with van der Waals surface area (Å²) < 4.78 is 5.04. The third-order valence-electron chi connectivity index (χ3n) is 1.18. The fraction of sp³-hybridized carbons (Fsp3) is 0.500. The van der Waals surface area contributed by atoms with Crippen LogP contribution in [0.25, 0.3) is 0 Å². The van der Waals surface area contributed by atoms with Crippen molar-refractivity contribution in [1.29, 1.82) is 0 Å². The molecule has 1 rings (SSSR count). The number of oxazole rings is 1. The van der Waals surface area contributed by atoms with Crippen LogP contribution in [-0.4, -0.2) is 10.1 Å². The van der Waals surface area contributed by atoms with Crippen LogP contribution in [0.4, 0.5) is 0 Å². The van der Waals surface area contributed by atoms with Crippen LogP contribution < -0.4 is 0 Å². The Balaban J connectivity index is 2.96. The molecule has 1 N–H and O–H groups in total. The summed E-state index contributed by atoms with van der Waals surface area (Å²) in [5.74, 6) is 1.60. The number of hydrogen-bond acceptors (Lipinski definition) is 4. The smallest absolute Gasteiger partial charge is 0.191 e. The zero-order valence-electron chi connectivity index (χ0n) is 5.66. The predicted molar refractivity (Wildman–Crippen MR) is 39.9 cm³/mol. The van der Waals surface area contributed by atoms with Gasteiger partial charge in [-0.25, -0.2) is 4.98 Å². The molecule has 0 saturated heterocycles. The van der Waals surface area contributed by atoms with E-state index in [1.165, 1.54) is 0 Å². The molecule has 56 valence electrons. The van der Waals surface area contributed by atoms with Gasteiger partial charge in [0.15, 0.2) is 11.7 Å². The molecule has 3 nitrogen and oxygen atoms in total. The number of aryl methyl sites for hydroxylation is 1. The molecule has 0 unspecified atom stereocenters. The van der Waals surface area contributed by atoms with Gasteiger partial charge >= 0.3 is 0 Å². The first-order chi connectivity index (χ1) is 4.77. The maximum Gasteiger partial charge on any atom is 0.191 e. The average Bonchev–Trinajstić information content (AvgIpc) is 2.30. The van der Waals surface area contributed by atoms with Crippen molar-refractivity contribution in [2.45, 2.75) is 19.3 Å². The van der Waals surface area contributed by atoms with E-state index in [0.717, 1.165) is 5.69 Å². The van der Waals surface area contributed by atoms with Crippen molar-refractivity contribution in [3.05, 3.63) is 17.3 Å². The first-order valence-corrected chi connectivity index (χ1v) is 3.58. The summed E-state index contributed by atoms with van der Waals surface area (Å²) >= 11 is 4.01. The normalized spacial score (nSPS) is 10.3. The number of thiol groups is 1. The molecule has 0 radical (unpaired) electrons. The zero-order valence-corrected chi connectivity index (χ0v) is 6.56. The van der Waals surface area contributed by atoms with Gasteiger partial charge in [0.05, 0.1) is 5.69 Å². The minimum atomic E-state index is -0.100. The highest BCUT2D eigenvalue weighted by Gasteiger charge is 2.06. The Morgan fingerprint density at radius 3 is 2.80 bits per heavy atom. The molecule has 0 bridgehead atoms. The molecule has 0 aliphatic rings. The molecule has 1 heterocycles. The van der Waals surface area contributed by atoms with Gasteiger partial charge in [0.25, 0.3) is 0 Å². The van der Waals surface area contributed by atoms with E-state index < -0.39 is 0 Å². The molecule has 4 heteroatoms. The molecular formula is C6H9NO2S. The Kier molecular flexibility index (Phi) is 2.34. The van der Waals surface area contributed by atoms with Crippen LogP contribution in [-0.2, 0) is 12.4 Å². The lowest BCUT2D eigenvalue weighted by Gasteiger charge is -1.88. The van der Waals surface area contributed by atoms with E-state index in [4.69, 9.17) is 9.52 Å². The van der Waals surface area contributed by atoms with Gasteiger partial charge in [0, 0.05) is 12.7 Å². The maximum atomic E-state index is 8.70. The Hall–Kier alpha value is -0.480. The molecular weight excluding hydrogens is 150 g/mol. The van der Waals surface area contributed by atoms with Crippen molar-refractivity contribution in [2.75, 3.05) is 0 Å². The third-order valence-corrected chi connectivity index (χ3v) is 1.48. The first kappa shape index (κ1) is 7.63. The minimum absolute atomic E-state index is 0.100. The molecule has 0 spiro atoms. The van der Waals surface area contributed by atoms with E-state index in [-0.39, 0.29) is 6.61 Å². The zero-order chi connectivity index (χ0) is 7.56. The average molecular weight is 159 g/mol. The second kappa shape index (κ2) is 3.07. The van der Waals surface area contributed by atoms with Crippen LogP contribution in [0, 0.1) is 6.92 Å². The Morgan fingerprint density at radius 1 is 1.70 bits per heavy atom. The molecule has 0 saturated carbocycles. The summed E-state index contributed by atoms with van der Waals surface area (Å²) in [5, 5.41) is 8.70. The first-order valence-electron chi connectivity index (χ1n) is 2.95. The highest BCUT2D eigenvalue weighted by Crippen LogP contribution is 2.11. The number of aliphatic hydroxyl groups excluding tert-OH is 1. The van der Waals surface area contributed by atoms with Crippen LogP contribution >= 0.6 is 12.6 Å². The Morgan fingerprint density at radius 2 is 2.40 bits per heavy atom. The van der Waals surface area contributed by atoms with Crippen molar-refractivity contribution in [1.82, 2.24) is 4.98 Å². The number of hydrogen-bond donors (Lipinski definition) is 2. The number of rotatable bonds is 2. The monoisotopic (exact) mass is 159 g/mol. The van der Waals surface area contributed by atoms with Gasteiger partial charge in [-0.05, 0) is 0 Å². The predicted octanol–water partition coefficient (Wildman–Crippen LogP) is 0.905. The van der Waals surface area contributed by atoms with E-state index in [0.29, 0.717) is 17.4 Å². The third kappa shape index (κ3) is 1.33. The second-order valence-electron chi connectivity index (χ2n) is 1.92. The van der Waals surface area contributed by atoms with Gasteiger partial charge in [-0.2, -0.15) is 12.6 Å². The molecule has 0 amide bonds. The van der Waals surface area contributed by atoms with Gasteiger partial charge in [0.2, 0.25) is 0 Å². The quantitative estimate of drug-likeness (QED) is 0.630. The molecule has 0 aliphatic carbocycles. The molecule has 0 fully saturated rings. The lowest BCUT2D eigenvalue weighted by atomic mass is 10.4. The standard InChI is InChI=1S/C6H9NO2S/c1-4-7-5(3-10)6(2-8)9-4/h8,10H,2-3H2,1H3. The lowest BCUT2D eigenvalue weighted by Crippen LogP contribution is -1.86. The summed E-state index contributed by atoms with van der Waals surface area (Å²) in [7, 11) is 0. The highest BCUT2D eigenvalue weighted by atomic mass is 32.1. The van der Waals surface area contributed by atoms with Crippen LogP contribution in [0.5, 0.6) is 0 Å². The van der Waals surface area contributed by atoms with Gasteiger partial charge in [-0.3, -0.25) is 0 Å². The topological polar surface area (TPSA) is 46.3 Å². The fourth-order valence-corrected chi connectivity index (χ4v) is 1.01. The van der Waals surface area contributed by atoms with Gasteiger partial charge in [0.1, 0.15) is 6.61 Å². The van der Waals surface area contributed by atoms with Crippen LogP contribution in [0.2, 0.25) is 0 Å². The summed E-state index contributed by atoms with van der Waals surface area (Å²) in [5.41, 5.74) is 0.725. The second-order valence-corrected chi connectivity index (χ2v) is 2.24. The van der Waals surface area contributed by atoms with Crippen LogP contribution in [0.15, 0.2) is 4.42 Å². The van der Waals surface area contributed by atoms with Gasteiger partial charge in [-0.15, -0.1) is 0 Å². The van der Waals surface area contributed by atoms with Crippen LogP contribution in [0.3, 0.4) is 0 Å². The molecule has 0 aliphatic heterocycles. The highest BCUT2D eigenvalue weighted by molar-refractivity contribution is 7.79. The van der Waals surface area contributed by atoms with Crippen molar-refractivity contribution >= 4 is 12.6 Å². The van der Waals surface area contributed by atoms with Crippen molar-refractivity contribution in [3.63, 3.8) is 0 Å². The summed E-state index contributed by atoms with van der Waals surface area (Å²) in [6, 6.07) is 0. The van der Waals surface area contributed by atoms with E-state index in [1.807, 2.05) is 0 Å². The van der Waals surface area contributed by atoms with Crippen LogP contribution in [0.1, 0.15) is 17.3 Å².